The predicted octanol–water partition coefficient (Wildman–Crippen LogP) is 3.69. The van der Waals surface area contributed by atoms with Gasteiger partial charge in [-0.2, -0.15) is 0 Å². The van der Waals surface area contributed by atoms with E-state index >= 15 is 0 Å². The topological polar surface area (TPSA) is 96.9 Å². The van der Waals surface area contributed by atoms with Gasteiger partial charge in [-0.25, -0.2) is 4.98 Å². The molecule has 1 unspecified atom stereocenters. The molecule has 8 nitrogen and oxygen atoms in total. The lowest BCUT2D eigenvalue weighted by Gasteiger charge is -2.26. The van der Waals surface area contributed by atoms with E-state index in [1.165, 1.54) is 11.3 Å². The molecule has 3 rings (SSSR count). The molecule has 0 radical (unpaired) electrons. The SMILES string of the molecule is C=CCOCC(O)CN(Cc1nc2scc(-c3ccc(OC)c(OC)c3)c2c(=O)[nH]1)CC(C)C. The molecule has 0 aliphatic rings. The average Bonchev–Trinajstić information content (AvgIpc) is 3.22. The largest absolute Gasteiger partial charge is 0.493 e. The first-order valence-corrected chi connectivity index (χ1v) is 12.1. The normalized spacial score (nSPS) is 12.4. The summed E-state index contributed by atoms with van der Waals surface area (Å²) < 4.78 is 16.1. The molecule has 2 heterocycles. The molecular weight excluding hydrogens is 454 g/mol. The molecule has 0 bridgehead atoms. The van der Waals surface area contributed by atoms with Gasteiger partial charge in [0.1, 0.15) is 10.7 Å². The summed E-state index contributed by atoms with van der Waals surface area (Å²) in [5, 5.41) is 12.8. The fourth-order valence-electron chi connectivity index (χ4n) is 3.85. The third-order valence-electron chi connectivity index (χ3n) is 5.20. The van der Waals surface area contributed by atoms with Crippen LogP contribution in [0.1, 0.15) is 19.7 Å². The second-order valence-electron chi connectivity index (χ2n) is 8.48. The molecule has 0 saturated carbocycles. The van der Waals surface area contributed by atoms with E-state index in [-0.39, 0.29) is 12.2 Å². The fourth-order valence-corrected chi connectivity index (χ4v) is 4.82. The molecule has 0 fully saturated rings. The minimum absolute atomic E-state index is 0.189. The van der Waals surface area contributed by atoms with Gasteiger partial charge in [0.25, 0.3) is 5.56 Å². The number of aromatic amines is 1. The lowest BCUT2D eigenvalue weighted by atomic mass is 10.1. The van der Waals surface area contributed by atoms with Crippen molar-refractivity contribution < 1.29 is 19.3 Å². The van der Waals surface area contributed by atoms with E-state index in [0.29, 0.717) is 53.2 Å². The Balaban J connectivity index is 1.85. The maximum Gasteiger partial charge on any atom is 0.260 e. The number of benzene rings is 1. The Morgan fingerprint density at radius 1 is 1.24 bits per heavy atom. The zero-order chi connectivity index (χ0) is 24.7. The molecule has 2 aromatic heterocycles. The highest BCUT2D eigenvalue weighted by Crippen LogP contribution is 2.36. The molecule has 2 N–H and O–H groups in total. The van der Waals surface area contributed by atoms with Crippen LogP contribution in [0, 0.1) is 5.92 Å². The van der Waals surface area contributed by atoms with Gasteiger partial charge >= 0.3 is 0 Å². The third-order valence-corrected chi connectivity index (χ3v) is 6.07. The number of rotatable bonds is 13. The fraction of sp³-hybridized carbons (Fsp3) is 0.440. The van der Waals surface area contributed by atoms with Crippen molar-refractivity contribution in [3.8, 4) is 22.6 Å². The first-order valence-electron chi connectivity index (χ1n) is 11.2. The smallest absolute Gasteiger partial charge is 0.260 e. The first-order chi connectivity index (χ1) is 16.4. The van der Waals surface area contributed by atoms with E-state index < -0.39 is 6.10 Å². The van der Waals surface area contributed by atoms with Crippen LogP contribution < -0.4 is 15.0 Å². The van der Waals surface area contributed by atoms with Crippen LogP contribution in [-0.4, -0.2) is 66.6 Å². The summed E-state index contributed by atoms with van der Waals surface area (Å²) in [6.45, 7) is 10.1. The summed E-state index contributed by atoms with van der Waals surface area (Å²) in [7, 11) is 3.17. The van der Waals surface area contributed by atoms with Crippen molar-refractivity contribution in [3.05, 3.63) is 52.4 Å². The number of aliphatic hydroxyl groups excluding tert-OH is 1. The van der Waals surface area contributed by atoms with E-state index in [1.54, 1.807) is 20.3 Å². The Bertz CT molecular complexity index is 1160. The lowest BCUT2D eigenvalue weighted by molar-refractivity contribution is 0.0218. The molecule has 1 atom stereocenters. The molecule has 0 spiro atoms. The highest BCUT2D eigenvalue weighted by molar-refractivity contribution is 7.17. The van der Waals surface area contributed by atoms with Crippen molar-refractivity contribution in [1.29, 1.82) is 0 Å². The van der Waals surface area contributed by atoms with Crippen LogP contribution in [0.3, 0.4) is 0 Å². The first kappa shape index (κ1) is 25.9. The van der Waals surface area contributed by atoms with Gasteiger partial charge in [0, 0.05) is 24.0 Å². The van der Waals surface area contributed by atoms with Gasteiger partial charge in [-0.3, -0.25) is 9.69 Å². The zero-order valence-electron chi connectivity index (χ0n) is 20.2. The van der Waals surface area contributed by atoms with Crippen LogP contribution >= 0.6 is 11.3 Å². The van der Waals surface area contributed by atoms with E-state index in [2.05, 4.69) is 30.3 Å². The van der Waals surface area contributed by atoms with Crippen LogP contribution in [0.2, 0.25) is 0 Å². The van der Waals surface area contributed by atoms with Crippen LogP contribution in [0.4, 0.5) is 0 Å². The molecular formula is C25H33N3O5S. The van der Waals surface area contributed by atoms with Gasteiger partial charge in [-0.05, 0) is 23.6 Å². The number of nitrogens with one attached hydrogen (secondary N) is 1. The van der Waals surface area contributed by atoms with Gasteiger partial charge in [-0.1, -0.05) is 26.0 Å². The molecule has 0 amide bonds. The number of fused-ring (bicyclic) bond motifs is 1. The summed E-state index contributed by atoms with van der Waals surface area (Å²) in [5.74, 6) is 2.18. The highest BCUT2D eigenvalue weighted by atomic mass is 32.1. The molecule has 0 aliphatic carbocycles. The van der Waals surface area contributed by atoms with Gasteiger partial charge in [0.05, 0.1) is 45.5 Å². The van der Waals surface area contributed by atoms with Gasteiger partial charge < -0.3 is 24.3 Å². The second-order valence-corrected chi connectivity index (χ2v) is 9.34. The Morgan fingerprint density at radius 3 is 2.68 bits per heavy atom. The number of H-pyrrole nitrogens is 1. The number of nitrogens with zero attached hydrogens (tertiary/aromatic N) is 2. The number of hydrogen-bond acceptors (Lipinski definition) is 8. The minimum atomic E-state index is -0.646. The maximum atomic E-state index is 13.1. The minimum Gasteiger partial charge on any atom is -0.493 e. The summed E-state index contributed by atoms with van der Waals surface area (Å²) in [6.07, 6.45) is 1.01. The summed E-state index contributed by atoms with van der Waals surface area (Å²) >= 11 is 1.43. The predicted molar refractivity (Wildman–Crippen MR) is 136 cm³/mol. The van der Waals surface area contributed by atoms with Gasteiger partial charge in [-0.15, -0.1) is 17.9 Å². The van der Waals surface area contributed by atoms with Gasteiger partial charge in [0.2, 0.25) is 0 Å². The second kappa shape index (κ2) is 12.1. The molecule has 1 aromatic carbocycles. The molecule has 0 saturated heterocycles. The van der Waals surface area contributed by atoms with Crippen molar-refractivity contribution in [2.24, 2.45) is 5.92 Å². The van der Waals surface area contributed by atoms with E-state index in [4.69, 9.17) is 19.2 Å². The number of aromatic nitrogens is 2. The monoisotopic (exact) mass is 487 g/mol. The molecule has 184 valence electrons. The molecule has 9 heteroatoms. The van der Waals surface area contributed by atoms with Crippen LogP contribution in [-0.2, 0) is 11.3 Å². The van der Waals surface area contributed by atoms with E-state index in [9.17, 15) is 9.90 Å². The van der Waals surface area contributed by atoms with Crippen LogP contribution in [0.5, 0.6) is 11.5 Å². The Labute approximate surface area is 203 Å². The van der Waals surface area contributed by atoms with Gasteiger partial charge in [0.15, 0.2) is 11.5 Å². The number of thiophene rings is 1. The Kier molecular flexibility index (Phi) is 9.23. The van der Waals surface area contributed by atoms with Crippen molar-refractivity contribution >= 4 is 21.6 Å². The Hall–Kier alpha value is -2.72. The number of methoxy groups -OCH3 is 2. The Morgan fingerprint density at radius 2 is 2.00 bits per heavy atom. The maximum absolute atomic E-state index is 13.1. The molecule has 0 aliphatic heterocycles. The summed E-state index contributed by atoms with van der Waals surface area (Å²) in [6, 6.07) is 5.58. The average molecular weight is 488 g/mol. The van der Waals surface area contributed by atoms with Crippen LogP contribution in [0.15, 0.2) is 41.0 Å². The summed E-state index contributed by atoms with van der Waals surface area (Å²) in [4.78, 5) is 23.5. The quantitative estimate of drug-likeness (QED) is 0.280. The summed E-state index contributed by atoms with van der Waals surface area (Å²) in [5.41, 5.74) is 1.47. The highest BCUT2D eigenvalue weighted by Gasteiger charge is 2.18. The van der Waals surface area contributed by atoms with Crippen molar-refractivity contribution in [3.63, 3.8) is 0 Å². The standard InChI is InChI=1S/C25H33N3O5S/c1-6-9-33-14-18(29)12-28(11-16(2)3)13-22-26-24(30)23-19(15-34-25(23)27-22)17-7-8-20(31-4)21(10-17)32-5/h6-8,10,15-16,18,29H,1,9,11-14H2,2-5H3,(H,26,27,30). The number of hydrogen-bond donors (Lipinski definition) is 2. The zero-order valence-corrected chi connectivity index (χ0v) is 21.0. The molecule has 3 aromatic rings. The van der Waals surface area contributed by atoms with Crippen molar-refractivity contribution in [2.75, 3.05) is 40.5 Å². The van der Waals surface area contributed by atoms with Crippen molar-refractivity contribution in [1.82, 2.24) is 14.9 Å². The number of ether oxygens (including phenoxy) is 3. The third kappa shape index (κ3) is 6.44. The lowest BCUT2D eigenvalue weighted by Crippen LogP contribution is -2.37. The number of aliphatic hydroxyl groups is 1. The van der Waals surface area contributed by atoms with E-state index in [1.807, 2.05) is 23.6 Å². The molecule has 34 heavy (non-hydrogen) atoms. The van der Waals surface area contributed by atoms with E-state index in [0.717, 1.165) is 17.7 Å². The van der Waals surface area contributed by atoms with Crippen LogP contribution in [0.25, 0.3) is 21.3 Å². The van der Waals surface area contributed by atoms with Crippen molar-refractivity contribution in [2.45, 2.75) is 26.5 Å².